The van der Waals surface area contributed by atoms with Crippen molar-refractivity contribution in [3.8, 4) is 11.5 Å². The summed E-state index contributed by atoms with van der Waals surface area (Å²) in [5.74, 6) is 0.0821. The van der Waals surface area contributed by atoms with E-state index >= 15 is 0 Å². The van der Waals surface area contributed by atoms with Crippen LogP contribution in [0.1, 0.15) is 11.1 Å². The zero-order valence-corrected chi connectivity index (χ0v) is 16.9. The molecule has 6 nitrogen and oxygen atoms in total. The van der Waals surface area contributed by atoms with Crippen LogP contribution in [0.2, 0.25) is 0 Å². The number of thioether (sulfide) groups is 1. The minimum atomic E-state index is -0.578. The standard InChI is InChI=1S/C20H18N2O4S2/c1-12-5-3-4-6-14(12)22-19(24)17(28-20(22)27)10-13-7-8-15(16(9-13)25-2)26-11-18(21)23/h3-10H,11H2,1-2H3,(H2,21,23)/b17-10-. The van der Waals surface area contributed by atoms with Gasteiger partial charge in [-0.2, -0.15) is 0 Å². The first-order valence-corrected chi connectivity index (χ1v) is 9.56. The highest BCUT2D eigenvalue weighted by Gasteiger charge is 2.33. The predicted octanol–water partition coefficient (Wildman–Crippen LogP) is 3.27. The molecule has 0 unspecified atom stereocenters. The molecule has 0 spiro atoms. The Balaban J connectivity index is 1.88. The Morgan fingerprint density at radius 3 is 2.68 bits per heavy atom. The van der Waals surface area contributed by atoms with E-state index in [1.165, 1.54) is 18.9 Å². The highest BCUT2D eigenvalue weighted by Crippen LogP contribution is 2.38. The van der Waals surface area contributed by atoms with Crippen LogP contribution in [0.15, 0.2) is 47.4 Å². The summed E-state index contributed by atoms with van der Waals surface area (Å²) in [4.78, 5) is 25.9. The molecule has 0 atom stereocenters. The first-order chi connectivity index (χ1) is 13.4. The van der Waals surface area contributed by atoms with Gasteiger partial charge in [-0.05, 0) is 42.3 Å². The molecular weight excluding hydrogens is 396 g/mol. The first kappa shape index (κ1) is 19.9. The Hall–Kier alpha value is -2.84. The third-order valence-corrected chi connectivity index (χ3v) is 5.31. The van der Waals surface area contributed by atoms with Gasteiger partial charge in [0.15, 0.2) is 22.4 Å². The van der Waals surface area contributed by atoms with E-state index in [-0.39, 0.29) is 12.5 Å². The topological polar surface area (TPSA) is 81.9 Å². The number of primary amides is 1. The molecule has 0 saturated carbocycles. The summed E-state index contributed by atoms with van der Waals surface area (Å²) < 4.78 is 11.1. The zero-order chi connectivity index (χ0) is 20.3. The number of amides is 2. The van der Waals surface area contributed by atoms with E-state index < -0.39 is 5.91 Å². The van der Waals surface area contributed by atoms with Crippen LogP contribution in [0.4, 0.5) is 5.69 Å². The Morgan fingerprint density at radius 2 is 2.00 bits per heavy atom. The van der Waals surface area contributed by atoms with E-state index in [0.29, 0.717) is 20.7 Å². The van der Waals surface area contributed by atoms with Crippen molar-refractivity contribution in [2.24, 2.45) is 5.73 Å². The molecule has 2 aromatic rings. The van der Waals surface area contributed by atoms with Crippen LogP contribution in [0.3, 0.4) is 0 Å². The molecule has 3 rings (SSSR count). The quantitative estimate of drug-likeness (QED) is 0.577. The van der Waals surface area contributed by atoms with Gasteiger partial charge in [0, 0.05) is 0 Å². The van der Waals surface area contributed by atoms with Gasteiger partial charge >= 0.3 is 0 Å². The normalized spacial score (nSPS) is 15.2. The number of ether oxygens (including phenoxy) is 2. The van der Waals surface area contributed by atoms with Gasteiger partial charge in [-0.3, -0.25) is 14.5 Å². The van der Waals surface area contributed by atoms with Crippen molar-refractivity contribution in [3.63, 3.8) is 0 Å². The highest BCUT2D eigenvalue weighted by molar-refractivity contribution is 8.27. The molecule has 28 heavy (non-hydrogen) atoms. The Bertz CT molecular complexity index is 988. The number of carbonyl (C=O) groups excluding carboxylic acids is 2. The molecule has 2 amide bonds. The van der Waals surface area contributed by atoms with Gasteiger partial charge in [0.25, 0.3) is 11.8 Å². The molecular formula is C20H18N2O4S2. The monoisotopic (exact) mass is 414 g/mol. The summed E-state index contributed by atoms with van der Waals surface area (Å²) in [6.07, 6.45) is 1.75. The average Bonchev–Trinajstić information content (AvgIpc) is 2.94. The smallest absolute Gasteiger partial charge is 0.270 e. The molecule has 2 aromatic carbocycles. The molecule has 1 aliphatic heterocycles. The van der Waals surface area contributed by atoms with Gasteiger partial charge < -0.3 is 15.2 Å². The van der Waals surface area contributed by atoms with Crippen LogP contribution >= 0.6 is 24.0 Å². The largest absolute Gasteiger partial charge is 0.493 e. The average molecular weight is 415 g/mol. The molecule has 1 saturated heterocycles. The summed E-state index contributed by atoms with van der Waals surface area (Å²) in [7, 11) is 1.49. The fourth-order valence-electron chi connectivity index (χ4n) is 2.68. The van der Waals surface area contributed by atoms with Crippen molar-refractivity contribution in [2.45, 2.75) is 6.92 Å². The van der Waals surface area contributed by atoms with Crippen molar-refractivity contribution in [2.75, 3.05) is 18.6 Å². The molecule has 144 valence electrons. The SMILES string of the molecule is COc1cc(/C=C2\SC(=S)N(c3ccccc3C)C2=O)ccc1OCC(N)=O. The number of aryl methyl sites for hydroxylation is 1. The summed E-state index contributed by atoms with van der Waals surface area (Å²) in [6, 6.07) is 12.7. The van der Waals surface area contributed by atoms with E-state index in [2.05, 4.69) is 0 Å². The first-order valence-electron chi connectivity index (χ1n) is 8.33. The van der Waals surface area contributed by atoms with Crippen LogP contribution in [-0.4, -0.2) is 29.9 Å². The van der Waals surface area contributed by atoms with Gasteiger partial charge in [0.2, 0.25) is 0 Å². The fraction of sp³-hybridized carbons (Fsp3) is 0.150. The lowest BCUT2D eigenvalue weighted by molar-refractivity contribution is -0.120. The molecule has 8 heteroatoms. The maximum absolute atomic E-state index is 12.9. The summed E-state index contributed by atoms with van der Waals surface area (Å²) in [5, 5.41) is 0. The number of nitrogens with two attached hydrogens (primary N) is 1. The molecule has 0 bridgehead atoms. The number of thiocarbonyl (C=S) groups is 1. The second kappa shape index (κ2) is 8.45. The fourth-order valence-corrected chi connectivity index (χ4v) is 3.97. The summed E-state index contributed by atoms with van der Waals surface area (Å²) in [5.41, 5.74) is 7.59. The molecule has 0 aliphatic carbocycles. The number of hydrogen-bond acceptors (Lipinski definition) is 6. The predicted molar refractivity (Wildman–Crippen MR) is 115 cm³/mol. The van der Waals surface area contributed by atoms with E-state index in [1.807, 2.05) is 31.2 Å². The number of nitrogens with zero attached hydrogens (tertiary/aromatic N) is 1. The van der Waals surface area contributed by atoms with Crippen LogP contribution in [0.5, 0.6) is 11.5 Å². The highest BCUT2D eigenvalue weighted by atomic mass is 32.2. The zero-order valence-electron chi connectivity index (χ0n) is 15.3. The Kier molecular flexibility index (Phi) is 6.01. The van der Waals surface area contributed by atoms with Crippen molar-refractivity contribution < 1.29 is 19.1 Å². The van der Waals surface area contributed by atoms with E-state index in [1.54, 1.807) is 29.2 Å². The maximum atomic E-state index is 12.9. The number of para-hydroxylation sites is 1. The second-order valence-electron chi connectivity index (χ2n) is 5.97. The lowest BCUT2D eigenvalue weighted by atomic mass is 10.1. The summed E-state index contributed by atoms with van der Waals surface area (Å²) in [6.45, 7) is 1.69. The number of rotatable bonds is 6. The molecule has 0 aromatic heterocycles. The van der Waals surface area contributed by atoms with E-state index in [9.17, 15) is 9.59 Å². The minimum Gasteiger partial charge on any atom is -0.493 e. The lowest BCUT2D eigenvalue weighted by Crippen LogP contribution is -2.28. The van der Waals surface area contributed by atoms with E-state index in [0.717, 1.165) is 16.8 Å². The van der Waals surface area contributed by atoms with Gasteiger partial charge in [0.1, 0.15) is 0 Å². The second-order valence-corrected chi connectivity index (χ2v) is 7.64. The lowest BCUT2D eigenvalue weighted by Gasteiger charge is -2.16. The molecule has 1 fully saturated rings. The van der Waals surface area contributed by atoms with Crippen molar-refractivity contribution >= 4 is 51.9 Å². The Labute approximate surface area is 172 Å². The van der Waals surface area contributed by atoms with Crippen molar-refractivity contribution in [1.82, 2.24) is 0 Å². The van der Waals surface area contributed by atoms with E-state index in [4.69, 9.17) is 27.4 Å². The van der Waals surface area contributed by atoms with Gasteiger partial charge in [-0.15, -0.1) is 0 Å². The molecule has 2 N–H and O–H groups in total. The maximum Gasteiger partial charge on any atom is 0.270 e. The van der Waals surface area contributed by atoms with Gasteiger partial charge in [0.05, 0.1) is 17.7 Å². The van der Waals surface area contributed by atoms with Gasteiger partial charge in [-0.1, -0.05) is 48.2 Å². The number of methoxy groups -OCH3 is 1. The van der Waals surface area contributed by atoms with Crippen LogP contribution in [-0.2, 0) is 9.59 Å². The van der Waals surface area contributed by atoms with Crippen molar-refractivity contribution in [1.29, 1.82) is 0 Å². The third kappa shape index (κ3) is 4.18. The minimum absolute atomic E-state index is 0.169. The molecule has 0 radical (unpaired) electrons. The summed E-state index contributed by atoms with van der Waals surface area (Å²) >= 11 is 6.67. The number of benzene rings is 2. The van der Waals surface area contributed by atoms with Crippen LogP contribution in [0.25, 0.3) is 6.08 Å². The number of anilines is 1. The number of hydrogen-bond donors (Lipinski definition) is 1. The van der Waals surface area contributed by atoms with Crippen molar-refractivity contribution in [3.05, 3.63) is 58.5 Å². The number of carbonyl (C=O) groups is 2. The third-order valence-electron chi connectivity index (χ3n) is 4.01. The van der Waals surface area contributed by atoms with Gasteiger partial charge in [-0.25, -0.2) is 0 Å². The Morgan fingerprint density at radius 1 is 1.25 bits per heavy atom. The van der Waals surface area contributed by atoms with Crippen LogP contribution < -0.4 is 20.1 Å². The molecule has 1 aliphatic rings. The molecule has 1 heterocycles. The van der Waals surface area contributed by atoms with Crippen LogP contribution in [0, 0.1) is 6.92 Å².